The Kier molecular flexibility index (Phi) is 4.47. The fourth-order valence-corrected chi connectivity index (χ4v) is 3.34. The standard InChI is InChI=1S/C18H23N7/c1-2-3-15-12-19-8-9-25(15)18-20-7-6-17(23-18)22-14-4-5-16-13(10-14)11-21-24-16/h4-7,10-11,15,19H,2-3,8-9,12H2,1H3,(H,21,24)(H,20,22,23). The van der Waals surface area contributed by atoms with Crippen LogP contribution >= 0.6 is 0 Å². The smallest absolute Gasteiger partial charge is 0.227 e. The van der Waals surface area contributed by atoms with E-state index in [4.69, 9.17) is 4.98 Å². The van der Waals surface area contributed by atoms with Gasteiger partial charge in [-0.25, -0.2) is 4.98 Å². The number of piperazine rings is 1. The molecule has 1 aliphatic rings. The Morgan fingerprint density at radius 3 is 3.20 bits per heavy atom. The average molecular weight is 337 g/mol. The van der Waals surface area contributed by atoms with Crippen LogP contribution in [0.3, 0.4) is 0 Å². The summed E-state index contributed by atoms with van der Waals surface area (Å²) in [4.78, 5) is 11.6. The highest BCUT2D eigenvalue weighted by Crippen LogP contribution is 2.22. The number of hydrogen-bond acceptors (Lipinski definition) is 6. The third kappa shape index (κ3) is 3.41. The van der Waals surface area contributed by atoms with E-state index in [0.717, 1.165) is 60.8 Å². The summed E-state index contributed by atoms with van der Waals surface area (Å²) in [5, 5.41) is 14.9. The minimum Gasteiger partial charge on any atom is -0.340 e. The summed E-state index contributed by atoms with van der Waals surface area (Å²) < 4.78 is 0. The van der Waals surface area contributed by atoms with Crippen LogP contribution in [0.4, 0.5) is 17.5 Å². The van der Waals surface area contributed by atoms with Crippen LogP contribution in [0.1, 0.15) is 19.8 Å². The Hall–Kier alpha value is -2.67. The summed E-state index contributed by atoms with van der Waals surface area (Å²) in [7, 11) is 0. The van der Waals surface area contributed by atoms with Crippen molar-refractivity contribution in [2.45, 2.75) is 25.8 Å². The van der Waals surface area contributed by atoms with Crippen molar-refractivity contribution >= 4 is 28.4 Å². The molecule has 1 atom stereocenters. The van der Waals surface area contributed by atoms with E-state index in [0.29, 0.717) is 6.04 Å². The van der Waals surface area contributed by atoms with Crippen LogP contribution < -0.4 is 15.5 Å². The number of aromatic nitrogens is 4. The lowest BCUT2D eigenvalue weighted by Gasteiger charge is -2.36. The summed E-state index contributed by atoms with van der Waals surface area (Å²) in [6.07, 6.45) is 5.95. The normalized spacial score (nSPS) is 17.8. The monoisotopic (exact) mass is 337 g/mol. The Balaban J connectivity index is 1.55. The number of rotatable bonds is 5. The fourth-order valence-electron chi connectivity index (χ4n) is 3.34. The summed E-state index contributed by atoms with van der Waals surface area (Å²) in [6.45, 7) is 5.12. The molecule has 0 spiro atoms. The molecule has 130 valence electrons. The van der Waals surface area contributed by atoms with Crippen molar-refractivity contribution in [3.05, 3.63) is 36.7 Å². The van der Waals surface area contributed by atoms with E-state index in [9.17, 15) is 0 Å². The number of fused-ring (bicyclic) bond motifs is 1. The van der Waals surface area contributed by atoms with Crippen molar-refractivity contribution in [1.82, 2.24) is 25.5 Å². The van der Waals surface area contributed by atoms with Crippen LogP contribution in [0.15, 0.2) is 36.7 Å². The fraction of sp³-hybridized carbons (Fsp3) is 0.389. The zero-order chi connectivity index (χ0) is 17.1. The van der Waals surface area contributed by atoms with Gasteiger partial charge in [0.05, 0.1) is 11.7 Å². The quantitative estimate of drug-likeness (QED) is 0.664. The van der Waals surface area contributed by atoms with E-state index in [2.05, 4.69) is 43.7 Å². The van der Waals surface area contributed by atoms with Gasteiger partial charge in [-0.1, -0.05) is 13.3 Å². The van der Waals surface area contributed by atoms with Crippen molar-refractivity contribution in [1.29, 1.82) is 0 Å². The molecular formula is C18H23N7. The lowest BCUT2D eigenvalue weighted by Crippen LogP contribution is -2.52. The molecule has 1 aliphatic heterocycles. The molecule has 3 aromatic rings. The molecule has 3 N–H and O–H groups in total. The van der Waals surface area contributed by atoms with Gasteiger partial charge in [-0.15, -0.1) is 0 Å². The molecule has 1 aromatic carbocycles. The largest absolute Gasteiger partial charge is 0.340 e. The molecule has 0 aliphatic carbocycles. The molecule has 0 amide bonds. The summed E-state index contributed by atoms with van der Waals surface area (Å²) in [6, 6.07) is 8.45. The number of aromatic amines is 1. The number of nitrogens with one attached hydrogen (secondary N) is 3. The minimum absolute atomic E-state index is 0.455. The van der Waals surface area contributed by atoms with Crippen molar-refractivity contribution in [2.24, 2.45) is 0 Å². The zero-order valence-corrected chi connectivity index (χ0v) is 14.4. The second-order valence-electron chi connectivity index (χ2n) is 6.38. The maximum atomic E-state index is 4.74. The molecule has 4 rings (SSSR count). The first-order valence-corrected chi connectivity index (χ1v) is 8.84. The van der Waals surface area contributed by atoms with E-state index >= 15 is 0 Å². The van der Waals surface area contributed by atoms with Gasteiger partial charge in [0.1, 0.15) is 5.82 Å². The van der Waals surface area contributed by atoms with Gasteiger partial charge < -0.3 is 15.5 Å². The Labute approximate surface area is 146 Å². The maximum Gasteiger partial charge on any atom is 0.227 e. The van der Waals surface area contributed by atoms with Crippen molar-refractivity contribution in [2.75, 3.05) is 29.9 Å². The van der Waals surface area contributed by atoms with Gasteiger partial charge >= 0.3 is 0 Å². The highest BCUT2D eigenvalue weighted by molar-refractivity contribution is 5.82. The predicted molar refractivity (Wildman–Crippen MR) is 100 cm³/mol. The topological polar surface area (TPSA) is 81.8 Å². The molecule has 7 nitrogen and oxygen atoms in total. The number of anilines is 3. The van der Waals surface area contributed by atoms with Crippen molar-refractivity contribution in [3.8, 4) is 0 Å². The second kappa shape index (κ2) is 7.06. The molecule has 0 bridgehead atoms. The zero-order valence-electron chi connectivity index (χ0n) is 14.4. The van der Waals surface area contributed by atoms with Crippen LogP contribution in [-0.2, 0) is 0 Å². The van der Waals surface area contributed by atoms with Crippen molar-refractivity contribution < 1.29 is 0 Å². The number of nitrogens with zero attached hydrogens (tertiary/aromatic N) is 4. The van der Waals surface area contributed by atoms with Gasteiger partial charge in [0.2, 0.25) is 5.95 Å². The van der Waals surface area contributed by atoms with E-state index < -0.39 is 0 Å². The molecule has 0 radical (unpaired) electrons. The van der Waals surface area contributed by atoms with E-state index in [1.165, 1.54) is 0 Å². The van der Waals surface area contributed by atoms with Crippen LogP contribution in [0.25, 0.3) is 10.9 Å². The van der Waals surface area contributed by atoms with Gasteiger partial charge in [0.25, 0.3) is 0 Å². The number of benzene rings is 1. The average Bonchev–Trinajstić information content (AvgIpc) is 3.10. The molecule has 1 saturated heterocycles. The molecule has 1 unspecified atom stereocenters. The first-order chi connectivity index (χ1) is 12.3. The summed E-state index contributed by atoms with van der Waals surface area (Å²) >= 11 is 0. The van der Waals surface area contributed by atoms with E-state index in [1.807, 2.05) is 30.6 Å². The van der Waals surface area contributed by atoms with Crippen LogP contribution in [0.5, 0.6) is 0 Å². The maximum absolute atomic E-state index is 4.74. The third-order valence-corrected chi connectivity index (χ3v) is 4.58. The molecule has 3 heterocycles. The molecular weight excluding hydrogens is 314 g/mol. The van der Waals surface area contributed by atoms with Gasteiger partial charge in [-0.2, -0.15) is 10.1 Å². The van der Waals surface area contributed by atoms with E-state index in [-0.39, 0.29) is 0 Å². The first-order valence-electron chi connectivity index (χ1n) is 8.84. The SMILES string of the molecule is CCCC1CNCCN1c1nccc(Nc2ccc3[nH]ncc3c2)n1. The lowest BCUT2D eigenvalue weighted by atomic mass is 10.1. The summed E-state index contributed by atoms with van der Waals surface area (Å²) in [5.41, 5.74) is 2.01. The lowest BCUT2D eigenvalue weighted by molar-refractivity contribution is 0.444. The Morgan fingerprint density at radius 2 is 2.28 bits per heavy atom. The van der Waals surface area contributed by atoms with E-state index in [1.54, 1.807) is 0 Å². The third-order valence-electron chi connectivity index (χ3n) is 4.58. The molecule has 1 fully saturated rings. The van der Waals surface area contributed by atoms with Gasteiger partial charge in [-0.05, 0) is 30.7 Å². The Bertz CT molecular complexity index is 842. The Morgan fingerprint density at radius 1 is 1.32 bits per heavy atom. The van der Waals surface area contributed by atoms with Crippen LogP contribution in [0.2, 0.25) is 0 Å². The second-order valence-corrected chi connectivity index (χ2v) is 6.38. The highest BCUT2D eigenvalue weighted by atomic mass is 15.3. The molecule has 25 heavy (non-hydrogen) atoms. The summed E-state index contributed by atoms with van der Waals surface area (Å²) in [5.74, 6) is 1.61. The van der Waals surface area contributed by atoms with Crippen LogP contribution in [0, 0.1) is 0 Å². The molecule has 2 aromatic heterocycles. The highest BCUT2D eigenvalue weighted by Gasteiger charge is 2.23. The molecule has 0 saturated carbocycles. The molecule has 7 heteroatoms. The van der Waals surface area contributed by atoms with Crippen LogP contribution in [-0.4, -0.2) is 45.8 Å². The van der Waals surface area contributed by atoms with Crippen molar-refractivity contribution in [3.63, 3.8) is 0 Å². The predicted octanol–water partition coefficient (Wildman–Crippen LogP) is 2.67. The first kappa shape index (κ1) is 15.8. The van der Waals surface area contributed by atoms with Gasteiger partial charge in [-0.3, -0.25) is 5.10 Å². The number of H-pyrrole nitrogens is 1. The number of hydrogen-bond donors (Lipinski definition) is 3. The van der Waals surface area contributed by atoms with Gasteiger partial charge in [0.15, 0.2) is 0 Å². The van der Waals surface area contributed by atoms with Gasteiger partial charge in [0, 0.05) is 42.9 Å². The minimum atomic E-state index is 0.455.